The summed E-state index contributed by atoms with van der Waals surface area (Å²) >= 11 is 3.27. The van der Waals surface area contributed by atoms with E-state index in [-0.39, 0.29) is 11.9 Å². The predicted molar refractivity (Wildman–Crippen MR) is 87.5 cm³/mol. The lowest BCUT2D eigenvalue weighted by atomic mass is 10.2. The van der Waals surface area contributed by atoms with Gasteiger partial charge in [0.15, 0.2) is 0 Å². The molecule has 1 amide bonds. The Hall–Kier alpha value is -1.26. The van der Waals surface area contributed by atoms with Crippen molar-refractivity contribution in [3.05, 3.63) is 51.7 Å². The second kappa shape index (κ2) is 6.95. The molecule has 1 heterocycles. The molecule has 106 valence electrons. The molecule has 2 aromatic rings. The molecule has 0 fully saturated rings. The largest absolute Gasteiger partial charge is 0.348 e. The zero-order valence-electron chi connectivity index (χ0n) is 12.0. The number of aryl methyl sites for hydroxylation is 2. The van der Waals surface area contributed by atoms with Crippen LogP contribution in [0.25, 0.3) is 0 Å². The average Bonchev–Trinajstić information content (AvgIpc) is 2.94. The Morgan fingerprint density at radius 3 is 2.85 bits per heavy atom. The van der Waals surface area contributed by atoms with Crippen LogP contribution >= 0.6 is 23.1 Å². The standard InChI is InChI=1S/C16H19NOS2/c1-11-6-7-12(2)15(9-11)20-10-16(18)17-13(3)14-5-4-8-19-14/h4-9,13H,10H2,1-3H3,(H,17,18)/t13-/m0/s1. The number of thiophene rings is 1. The first-order valence-corrected chi connectivity index (χ1v) is 8.45. The van der Waals surface area contributed by atoms with E-state index in [1.807, 2.05) is 24.4 Å². The van der Waals surface area contributed by atoms with Gasteiger partial charge in [0.25, 0.3) is 0 Å². The van der Waals surface area contributed by atoms with Crippen LogP contribution in [0.4, 0.5) is 0 Å². The maximum absolute atomic E-state index is 12.0. The fraction of sp³-hybridized carbons (Fsp3) is 0.312. The maximum Gasteiger partial charge on any atom is 0.230 e. The lowest BCUT2D eigenvalue weighted by Gasteiger charge is -2.12. The number of rotatable bonds is 5. The van der Waals surface area contributed by atoms with E-state index in [0.29, 0.717) is 5.75 Å². The van der Waals surface area contributed by atoms with Crippen LogP contribution in [0.2, 0.25) is 0 Å². The summed E-state index contributed by atoms with van der Waals surface area (Å²) in [5.74, 6) is 0.539. The summed E-state index contributed by atoms with van der Waals surface area (Å²) in [5, 5.41) is 5.07. The third-order valence-electron chi connectivity index (χ3n) is 3.05. The van der Waals surface area contributed by atoms with Crippen molar-refractivity contribution in [2.75, 3.05) is 5.75 Å². The SMILES string of the molecule is Cc1ccc(C)c(SCC(=O)N[C@@H](C)c2cccs2)c1. The first-order chi connectivity index (χ1) is 9.56. The number of thioether (sulfide) groups is 1. The van der Waals surface area contributed by atoms with Crippen LogP contribution in [-0.4, -0.2) is 11.7 Å². The van der Waals surface area contributed by atoms with E-state index >= 15 is 0 Å². The maximum atomic E-state index is 12.0. The molecule has 0 aliphatic rings. The number of nitrogens with one attached hydrogen (secondary N) is 1. The molecule has 0 saturated heterocycles. The summed E-state index contributed by atoms with van der Waals surface area (Å²) in [4.78, 5) is 14.4. The lowest BCUT2D eigenvalue weighted by molar-refractivity contribution is -0.119. The summed E-state index contributed by atoms with van der Waals surface area (Å²) in [5.41, 5.74) is 2.45. The molecular weight excluding hydrogens is 286 g/mol. The zero-order valence-corrected chi connectivity index (χ0v) is 13.6. The molecule has 0 bridgehead atoms. The van der Waals surface area contributed by atoms with Gasteiger partial charge < -0.3 is 5.32 Å². The van der Waals surface area contributed by atoms with Crippen molar-refractivity contribution >= 4 is 29.0 Å². The number of carbonyl (C=O) groups excluding carboxylic acids is 1. The Morgan fingerprint density at radius 1 is 1.35 bits per heavy atom. The van der Waals surface area contributed by atoms with E-state index in [1.54, 1.807) is 23.1 Å². The lowest BCUT2D eigenvalue weighted by Crippen LogP contribution is -2.27. The Kier molecular flexibility index (Phi) is 5.26. The topological polar surface area (TPSA) is 29.1 Å². The summed E-state index contributed by atoms with van der Waals surface area (Å²) in [6, 6.07) is 10.5. The highest BCUT2D eigenvalue weighted by molar-refractivity contribution is 8.00. The monoisotopic (exact) mass is 305 g/mol. The van der Waals surface area contributed by atoms with E-state index in [1.165, 1.54) is 20.9 Å². The van der Waals surface area contributed by atoms with Gasteiger partial charge in [-0.3, -0.25) is 4.79 Å². The van der Waals surface area contributed by atoms with Gasteiger partial charge in [0.05, 0.1) is 11.8 Å². The van der Waals surface area contributed by atoms with Crippen LogP contribution in [0.1, 0.15) is 29.0 Å². The van der Waals surface area contributed by atoms with Crippen LogP contribution in [0.15, 0.2) is 40.6 Å². The van der Waals surface area contributed by atoms with Gasteiger partial charge >= 0.3 is 0 Å². The van der Waals surface area contributed by atoms with Gasteiger partial charge in [0.1, 0.15) is 0 Å². The molecule has 0 radical (unpaired) electrons. The quantitative estimate of drug-likeness (QED) is 0.833. The molecule has 1 aromatic heterocycles. The number of benzene rings is 1. The summed E-state index contributed by atoms with van der Waals surface area (Å²) in [7, 11) is 0. The van der Waals surface area contributed by atoms with E-state index in [4.69, 9.17) is 0 Å². The molecule has 4 heteroatoms. The van der Waals surface area contributed by atoms with Gasteiger partial charge in [-0.1, -0.05) is 23.8 Å². The number of amides is 1. The van der Waals surface area contributed by atoms with Crippen LogP contribution in [0, 0.1) is 13.8 Å². The highest BCUT2D eigenvalue weighted by Crippen LogP contribution is 2.24. The predicted octanol–water partition coefficient (Wildman–Crippen LogP) is 4.33. The fourth-order valence-corrected chi connectivity index (χ4v) is 3.57. The van der Waals surface area contributed by atoms with Gasteiger partial charge in [-0.15, -0.1) is 23.1 Å². The van der Waals surface area contributed by atoms with Crippen molar-refractivity contribution in [2.24, 2.45) is 0 Å². The zero-order chi connectivity index (χ0) is 14.5. The molecule has 0 unspecified atom stereocenters. The van der Waals surface area contributed by atoms with E-state index in [0.717, 1.165) is 0 Å². The normalized spacial score (nSPS) is 12.2. The third kappa shape index (κ3) is 4.12. The van der Waals surface area contributed by atoms with Crippen LogP contribution in [0.5, 0.6) is 0 Å². The van der Waals surface area contributed by atoms with Gasteiger partial charge in [-0.2, -0.15) is 0 Å². The summed E-state index contributed by atoms with van der Waals surface area (Å²) in [6.07, 6.45) is 0. The molecular formula is C16H19NOS2. The van der Waals surface area contributed by atoms with Gasteiger partial charge in [-0.05, 0) is 43.8 Å². The summed E-state index contributed by atoms with van der Waals surface area (Å²) in [6.45, 7) is 6.17. The van der Waals surface area contributed by atoms with Crippen LogP contribution in [-0.2, 0) is 4.79 Å². The minimum Gasteiger partial charge on any atom is -0.348 e. The van der Waals surface area contributed by atoms with E-state index in [9.17, 15) is 4.79 Å². The van der Waals surface area contributed by atoms with Crippen molar-refractivity contribution in [3.63, 3.8) is 0 Å². The smallest absolute Gasteiger partial charge is 0.230 e. The van der Waals surface area contributed by atoms with Crippen LogP contribution < -0.4 is 5.32 Å². The van der Waals surface area contributed by atoms with Gasteiger partial charge in [0.2, 0.25) is 5.91 Å². The second-order valence-electron chi connectivity index (χ2n) is 4.86. The van der Waals surface area contributed by atoms with Crippen molar-refractivity contribution < 1.29 is 4.79 Å². The Bertz CT molecular complexity index is 578. The minimum absolute atomic E-state index is 0.0804. The van der Waals surface area contributed by atoms with Crippen molar-refractivity contribution in [1.29, 1.82) is 0 Å². The Morgan fingerprint density at radius 2 is 2.15 bits per heavy atom. The molecule has 0 spiro atoms. The second-order valence-corrected chi connectivity index (χ2v) is 6.86. The molecule has 1 N–H and O–H groups in total. The molecule has 1 aromatic carbocycles. The first kappa shape index (κ1) is 15.1. The highest BCUT2D eigenvalue weighted by Gasteiger charge is 2.11. The fourth-order valence-electron chi connectivity index (χ4n) is 1.90. The molecule has 20 heavy (non-hydrogen) atoms. The molecule has 1 atom stereocenters. The van der Waals surface area contributed by atoms with Crippen molar-refractivity contribution in [2.45, 2.75) is 31.7 Å². The van der Waals surface area contributed by atoms with E-state index < -0.39 is 0 Å². The van der Waals surface area contributed by atoms with Crippen molar-refractivity contribution in [3.8, 4) is 0 Å². The van der Waals surface area contributed by atoms with Gasteiger partial charge in [-0.25, -0.2) is 0 Å². The molecule has 0 aliphatic heterocycles. The third-order valence-corrected chi connectivity index (χ3v) is 5.26. The van der Waals surface area contributed by atoms with E-state index in [2.05, 4.69) is 37.4 Å². The van der Waals surface area contributed by atoms with Crippen molar-refractivity contribution in [1.82, 2.24) is 5.32 Å². The highest BCUT2D eigenvalue weighted by atomic mass is 32.2. The number of carbonyl (C=O) groups is 1. The molecule has 2 nitrogen and oxygen atoms in total. The average molecular weight is 305 g/mol. The molecule has 0 saturated carbocycles. The number of hydrogen-bond donors (Lipinski definition) is 1. The van der Waals surface area contributed by atoms with Crippen LogP contribution in [0.3, 0.4) is 0 Å². The number of hydrogen-bond acceptors (Lipinski definition) is 3. The summed E-state index contributed by atoms with van der Waals surface area (Å²) < 4.78 is 0. The Labute approximate surface area is 128 Å². The molecule has 2 rings (SSSR count). The molecule has 0 aliphatic carbocycles. The Balaban J connectivity index is 1.87. The first-order valence-electron chi connectivity index (χ1n) is 6.59. The minimum atomic E-state index is 0.0804. The van der Waals surface area contributed by atoms with Gasteiger partial charge in [0, 0.05) is 9.77 Å².